The van der Waals surface area contributed by atoms with E-state index in [9.17, 15) is 0 Å². The van der Waals surface area contributed by atoms with Crippen molar-refractivity contribution in [2.24, 2.45) is 0 Å². The van der Waals surface area contributed by atoms with Crippen molar-refractivity contribution in [2.75, 3.05) is 0 Å². The summed E-state index contributed by atoms with van der Waals surface area (Å²) in [4.78, 5) is 10.1. The van der Waals surface area contributed by atoms with Gasteiger partial charge in [-0.1, -0.05) is 86.9 Å². The van der Waals surface area contributed by atoms with Crippen LogP contribution in [-0.2, 0) is 12.1 Å². The number of hydrogen-bond donors (Lipinski definition) is 0. The molecule has 0 radical (unpaired) electrons. The molecule has 8 aromatic rings. The first kappa shape index (κ1) is 23.3. The molecule has 0 atom stereocenters. The van der Waals surface area contributed by atoms with E-state index in [-0.39, 0.29) is 0 Å². The zero-order valence-electron chi connectivity index (χ0n) is 24.3. The average Bonchev–Trinajstić information content (AvgIpc) is 3.62. The lowest BCUT2D eigenvalue weighted by Gasteiger charge is -2.30. The molecule has 0 fully saturated rings. The Morgan fingerprint density at radius 3 is 2.26 bits per heavy atom. The van der Waals surface area contributed by atoms with Gasteiger partial charge in [0.1, 0.15) is 19.4 Å². The monoisotopic (exact) mass is 574 g/mol. The molecule has 6 heteroatoms. The van der Waals surface area contributed by atoms with Crippen LogP contribution in [0.15, 0.2) is 85.2 Å². The van der Waals surface area contributed by atoms with Crippen LogP contribution in [0.3, 0.4) is 0 Å². The summed E-state index contributed by atoms with van der Waals surface area (Å²) in [5.74, 6) is 0. The summed E-state index contributed by atoms with van der Waals surface area (Å²) in [6, 6.07) is 29.9. The van der Waals surface area contributed by atoms with Gasteiger partial charge in [0, 0.05) is 44.9 Å². The molecule has 0 amide bonds. The van der Waals surface area contributed by atoms with E-state index in [0.717, 1.165) is 23.4 Å². The third-order valence-electron chi connectivity index (χ3n) is 10.3. The van der Waals surface area contributed by atoms with Crippen molar-refractivity contribution in [3.05, 3.63) is 96.4 Å². The molecule has 42 heavy (non-hydrogen) atoms. The van der Waals surface area contributed by atoms with Crippen LogP contribution >= 0.6 is 0 Å². The Labute approximate surface area is 245 Å². The zero-order valence-corrected chi connectivity index (χ0v) is 26.3. The minimum absolute atomic E-state index is 1.10. The first-order valence-corrected chi connectivity index (χ1v) is 21.4. The number of benzene rings is 4. The van der Waals surface area contributed by atoms with Crippen molar-refractivity contribution in [1.29, 1.82) is 0 Å². The standard InChI is InChI=1S/C36H30N4Si2/c1-41(2)20-23-17-37-36-32-24(11-7-12-26(32)27-13-8-14-30(41)34(27)39(23)36)21-15-22-19-42(3,4)31-18-38-35-28-10-6-5-9-25(28)29(16-21)33(22)40(31)35/h5-18H,19-20H2,1-4H3. The lowest BCUT2D eigenvalue weighted by molar-refractivity contribution is 1.10. The van der Waals surface area contributed by atoms with Gasteiger partial charge in [-0.15, -0.1) is 0 Å². The van der Waals surface area contributed by atoms with Crippen molar-refractivity contribution < 1.29 is 0 Å². The molecule has 0 N–H and O–H groups in total. The van der Waals surface area contributed by atoms with Gasteiger partial charge in [-0.3, -0.25) is 4.40 Å². The molecule has 10 rings (SSSR count). The normalized spacial score (nSPS) is 16.8. The SMILES string of the molecule is C[Si]1(C)Cc2cnc3c4c(-c5cc6c7c(c5)c5ccccc5c5ncc(n57)[Si](C)(C)C6)cccc4c4cccc1c4n23. The Morgan fingerprint density at radius 1 is 0.619 bits per heavy atom. The number of pyridine rings is 2. The lowest BCUT2D eigenvalue weighted by Crippen LogP contribution is -2.49. The topological polar surface area (TPSA) is 34.6 Å². The molecule has 4 nitrogen and oxygen atoms in total. The fraction of sp³-hybridized carbons (Fsp3) is 0.167. The molecule has 0 saturated heterocycles. The molecule has 0 spiro atoms. The van der Waals surface area contributed by atoms with Crippen molar-refractivity contribution in [3.8, 4) is 11.1 Å². The highest BCUT2D eigenvalue weighted by Gasteiger charge is 2.36. The smallest absolute Gasteiger partial charge is 0.145 e. The van der Waals surface area contributed by atoms with Gasteiger partial charge in [0.15, 0.2) is 0 Å². The summed E-state index contributed by atoms with van der Waals surface area (Å²) in [6.07, 6.45) is 4.31. The second kappa shape index (κ2) is 7.38. The predicted molar refractivity (Wildman–Crippen MR) is 181 cm³/mol. The van der Waals surface area contributed by atoms with Crippen LogP contribution in [0.4, 0.5) is 0 Å². The number of aromatic nitrogens is 4. The molecule has 202 valence electrons. The highest BCUT2D eigenvalue weighted by molar-refractivity contribution is 6.91. The van der Waals surface area contributed by atoms with E-state index in [4.69, 9.17) is 9.97 Å². The quantitative estimate of drug-likeness (QED) is 0.153. The van der Waals surface area contributed by atoms with Crippen LogP contribution in [0.5, 0.6) is 0 Å². The molecule has 4 aromatic heterocycles. The number of nitrogens with zero attached hydrogens (tertiary/aromatic N) is 4. The first-order chi connectivity index (χ1) is 20.3. The van der Waals surface area contributed by atoms with Crippen molar-refractivity contribution in [2.45, 2.75) is 38.3 Å². The van der Waals surface area contributed by atoms with Gasteiger partial charge >= 0.3 is 0 Å². The van der Waals surface area contributed by atoms with E-state index in [1.54, 1.807) is 5.19 Å². The minimum atomic E-state index is -1.73. The molecule has 2 aliphatic heterocycles. The third kappa shape index (κ3) is 2.68. The third-order valence-corrected chi connectivity index (χ3v) is 16.4. The van der Waals surface area contributed by atoms with Gasteiger partial charge in [-0.25, -0.2) is 9.97 Å². The Hall–Kier alpha value is -4.27. The first-order valence-electron chi connectivity index (χ1n) is 15.0. The van der Waals surface area contributed by atoms with Crippen molar-refractivity contribution in [1.82, 2.24) is 18.8 Å². The number of rotatable bonds is 1. The fourth-order valence-electron chi connectivity index (χ4n) is 8.47. The minimum Gasteiger partial charge on any atom is -0.300 e. The number of imidazole rings is 2. The Balaban J connectivity index is 1.39. The van der Waals surface area contributed by atoms with Crippen LogP contribution < -0.4 is 10.5 Å². The maximum absolute atomic E-state index is 5.15. The molecule has 0 saturated carbocycles. The Morgan fingerprint density at radius 2 is 1.38 bits per heavy atom. The predicted octanol–water partition coefficient (Wildman–Crippen LogP) is 7.28. The number of fused-ring (bicyclic) bond motifs is 6. The Bertz CT molecular complexity index is 2530. The molecule has 2 aliphatic rings. The van der Waals surface area contributed by atoms with Gasteiger partial charge < -0.3 is 4.40 Å². The molecule has 0 aliphatic carbocycles. The molecular formula is C36H30N4Si2. The van der Waals surface area contributed by atoms with Crippen LogP contribution in [0, 0.1) is 0 Å². The van der Waals surface area contributed by atoms with Gasteiger partial charge in [0.05, 0.1) is 19.1 Å². The summed E-state index contributed by atoms with van der Waals surface area (Å²) in [6.45, 7) is 9.99. The van der Waals surface area contributed by atoms with E-state index in [1.165, 1.54) is 71.1 Å². The second-order valence-electron chi connectivity index (χ2n) is 13.8. The highest BCUT2D eigenvalue weighted by Crippen LogP contribution is 2.42. The lowest BCUT2D eigenvalue weighted by atomic mass is 9.93. The molecular weight excluding hydrogens is 545 g/mol. The largest absolute Gasteiger partial charge is 0.300 e. The molecule has 4 aromatic carbocycles. The molecule has 6 heterocycles. The number of para-hydroxylation sites is 1. The van der Waals surface area contributed by atoms with Gasteiger partial charge in [0.25, 0.3) is 0 Å². The molecule has 0 unspecified atom stereocenters. The van der Waals surface area contributed by atoms with Crippen LogP contribution in [0.2, 0.25) is 26.2 Å². The van der Waals surface area contributed by atoms with Gasteiger partial charge in [0.2, 0.25) is 0 Å². The zero-order chi connectivity index (χ0) is 28.1. The van der Waals surface area contributed by atoms with Crippen LogP contribution in [0.1, 0.15) is 11.3 Å². The summed E-state index contributed by atoms with van der Waals surface area (Å²) in [5, 5.41) is 10.8. The van der Waals surface area contributed by atoms with Crippen LogP contribution in [-0.4, -0.2) is 34.9 Å². The van der Waals surface area contributed by atoms with Crippen molar-refractivity contribution in [3.63, 3.8) is 0 Å². The van der Waals surface area contributed by atoms with E-state index in [2.05, 4.69) is 120 Å². The number of hydrogen-bond acceptors (Lipinski definition) is 2. The maximum Gasteiger partial charge on any atom is 0.145 e. The summed E-state index contributed by atoms with van der Waals surface area (Å²) >= 11 is 0. The summed E-state index contributed by atoms with van der Waals surface area (Å²) in [7, 11) is -3.33. The van der Waals surface area contributed by atoms with Crippen molar-refractivity contribution >= 4 is 81.3 Å². The Kier molecular flexibility index (Phi) is 4.10. The van der Waals surface area contributed by atoms with E-state index < -0.39 is 16.1 Å². The summed E-state index contributed by atoms with van der Waals surface area (Å²) < 4.78 is 4.99. The fourth-order valence-corrected chi connectivity index (χ4v) is 13.9. The van der Waals surface area contributed by atoms with Gasteiger partial charge in [-0.05, 0) is 56.9 Å². The van der Waals surface area contributed by atoms with Gasteiger partial charge in [-0.2, -0.15) is 0 Å². The second-order valence-corrected chi connectivity index (χ2v) is 23.1. The summed E-state index contributed by atoms with van der Waals surface area (Å²) in [5.41, 5.74) is 10.3. The van der Waals surface area contributed by atoms with Crippen LogP contribution in [0.25, 0.3) is 65.8 Å². The van der Waals surface area contributed by atoms with E-state index >= 15 is 0 Å². The average molecular weight is 575 g/mol. The van der Waals surface area contributed by atoms with E-state index in [0.29, 0.717) is 0 Å². The van der Waals surface area contributed by atoms with E-state index in [1.807, 2.05) is 0 Å². The maximum atomic E-state index is 5.15. The molecule has 0 bridgehead atoms. The highest BCUT2D eigenvalue weighted by atomic mass is 28.3.